The zero-order valence-electron chi connectivity index (χ0n) is 16.3. The number of aliphatic hydroxyl groups is 2. The topological polar surface area (TPSA) is 165 Å². The van der Waals surface area contributed by atoms with Gasteiger partial charge in [-0.2, -0.15) is 0 Å². The first-order valence-electron chi connectivity index (χ1n) is 9.25. The van der Waals surface area contributed by atoms with E-state index >= 15 is 0 Å². The molecule has 0 bridgehead atoms. The zero-order valence-corrected chi connectivity index (χ0v) is 16.3. The Morgan fingerprint density at radius 1 is 0.724 bits per heavy atom. The van der Waals surface area contributed by atoms with Crippen LogP contribution in [-0.2, 0) is 14.4 Å². The highest BCUT2D eigenvalue weighted by molar-refractivity contribution is 5.70. The fourth-order valence-corrected chi connectivity index (χ4v) is 2.87. The Kier molecular flexibility index (Phi) is 11.0. The monoisotopic (exact) mass is 418 g/mol. The molecule has 1 unspecified atom stereocenters. The van der Waals surface area contributed by atoms with E-state index in [1.54, 1.807) is 27.1 Å². The van der Waals surface area contributed by atoms with Crippen molar-refractivity contribution >= 4 is 17.9 Å². The molecular weight excluding hydrogens is 388 g/mol. The quantitative estimate of drug-likeness (QED) is 0.263. The standard InChI is InChI=1S/C17H30N4O8/c22-13-14(23)9-18-1-3-19(10-15(24)25)5-7-21(12-17(28)29)8-6-20(4-2-18)11-16(26)27/h1,3,14,22-23H,2,4-13H2,(H,24,25)(H,26,27)(H,28,29)/b3-1-. The Morgan fingerprint density at radius 2 is 1.14 bits per heavy atom. The molecule has 0 aliphatic carbocycles. The molecule has 1 atom stereocenters. The summed E-state index contributed by atoms with van der Waals surface area (Å²) in [6, 6.07) is 0. The Bertz CT molecular complexity index is 574. The van der Waals surface area contributed by atoms with E-state index in [-0.39, 0.29) is 39.3 Å². The van der Waals surface area contributed by atoms with Crippen LogP contribution >= 0.6 is 0 Å². The van der Waals surface area contributed by atoms with Gasteiger partial charge in [-0.1, -0.05) is 0 Å². The summed E-state index contributed by atoms with van der Waals surface area (Å²) in [5.74, 6) is -3.07. The number of hydrogen-bond acceptors (Lipinski definition) is 9. The van der Waals surface area contributed by atoms with E-state index in [0.717, 1.165) is 0 Å². The Morgan fingerprint density at radius 3 is 1.59 bits per heavy atom. The van der Waals surface area contributed by atoms with Crippen LogP contribution in [0, 0.1) is 0 Å². The number of nitrogens with zero attached hydrogens (tertiary/aromatic N) is 4. The Balaban J connectivity index is 3.01. The average Bonchev–Trinajstić information content (AvgIpc) is 2.62. The Hall–Kier alpha value is -2.41. The summed E-state index contributed by atoms with van der Waals surface area (Å²) in [5.41, 5.74) is 0. The van der Waals surface area contributed by atoms with Gasteiger partial charge in [-0.05, 0) is 0 Å². The lowest BCUT2D eigenvalue weighted by Gasteiger charge is -2.31. The van der Waals surface area contributed by atoms with Crippen molar-refractivity contribution in [2.75, 3.05) is 72.1 Å². The van der Waals surface area contributed by atoms with Crippen LogP contribution in [0.15, 0.2) is 12.4 Å². The van der Waals surface area contributed by atoms with Crippen LogP contribution < -0.4 is 0 Å². The fourth-order valence-electron chi connectivity index (χ4n) is 2.87. The fraction of sp³-hybridized carbons (Fsp3) is 0.706. The number of carbonyl (C=O) groups is 3. The van der Waals surface area contributed by atoms with E-state index in [9.17, 15) is 19.5 Å². The third-order valence-corrected chi connectivity index (χ3v) is 4.34. The lowest BCUT2D eigenvalue weighted by Crippen LogP contribution is -2.45. The molecule has 1 aliphatic heterocycles. The van der Waals surface area contributed by atoms with Crippen LogP contribution in [0.25, 0.3) is 0 Å². The lowest BCUT2D eigenvalue weighted by molar-refractivity contribution is -0.140. The van der Waals surface area contributed by atoms with Gasteiger partial charge in [0, 0.05) is 58.2 Å². The van der Waals surface area contributed by atoms with Crippen molar-refractivity contribution in [2.24, 2.45) is 0 Å². The summed E-state index contributed by atoms with van der Waals surface area (Å²) >= 11 is 0. The maximum Gasteiger partial charge on any atom is 0.323 e. The van der Waals surface area contributed by atoms with Crippen LogP contribution in [0.2, 0.25) is 0 Å². The predicted molar refractivity (Wildman–Crippen MR) is 101 cm³/mol. The number of carboxylic acid groups (broad SMARTS) is 3. The highest BCUT2D eigenvalue weighted by atomic mass is 16.4. The molecule has 0 fully saturated rings. The summed E-state index contributed by atoms with van der Waals surface area (Å²) < 4.78 is 0. The third-order valence-electron chi connectivity index (χ3n) is 4.34. The molecule has 0 saturated carbocycles. The van der Waals surface area contributed by atoms with Gasteiger partial charge in [0.05, 0.1) is 25.8 Å². The highest BCUT2D eigenvalue weighted by Crippen LogP contribution is 2.03. The van der Waals surface area contributed by atoms with Crippen molar-refractivity contribution in [1.29, 1.82) is 0 Å². The molecule has 12 nitrogen and oxygen atoms in total. The van der Waals surface area contributed by atoms with Gasteiger partial charge >= 0.3 is 17.9 Å². The first kappa shape index (κ1) is 24.6. The maximum absolute atomic E-state index is 11.1. The summed E-state index contributed by atoms with van der Waals surface area (Å²) in [7, 11) is 0. The van der Waals surface area contributed by atoms with Crippen LogP contribution in [0.3, 0.4) is 0 Å². The number of rotatable bonds is 9. The number of aliphatic hydroxyl groups excluding tert-OH is 2. The number of hydrogen-bond donors (Lipinski definition) is 5. The van der Waals surface area contributed by atoms with Crippen molar-refractivity contribution in [1.82, 2.24) is 19.6 Å². The lowest BCUT2D eigenvalue weighted by atomic mass is 10.3. The maximum atomic E-state index is 11.1. The van der Waals surface area contributed by atoms with Crippen LogP contribution in [-0.4, -0.2) is 141 Å². The van der Waals surface area contributed by atoms with Gasteiger partial charge in [0.2, 0.25) is 0 Å². The van der Waals surface area contributed by atoms with Gasteiger partial charge in [0.15, 0.2) is 0 Å². The molecule has 1 aliphatic rings. The molecule has 0 aromatic heterocycles. The molecule has 1 heterocycles. The van der Waals surface area contributed by atoms with E-state index < -0.39 is 30.6 Å². The second-order valence-electron chi connectivity index (χ2n) is 6.83. The number of aliphatic carboxylic acids is 3. The molecule has 12 heteroatoms. The summed E-state index contributed by atoms with van der Waals surface area (Å²) in [6.45, 7) is 0.754. The molecular formula is C17H30N4O8. The average molecular weight is 418 g/mol. The summed E-state index contributed by atoms with van der Waals surface area (Å²) in [6.07, 6.45) is 2.13. The minimum atomic E-state index is -1.04. The second-order valence-corrected chi connectivity index (χ2v) is 6.83. The van der Waals surface area contributed by atoms with Gasteiger partial charge in [0.25, 0.3) is 0 Å². The van der Waals surface area contributed by atoms with Gasteiger partial charge in [-0.15, -0.1) is 0 Å². The van der Waals surface area contributed by atoms with Crippen molar-refractivity contribution in [3.63, 3.8) is 0 Å². The predicted octanol–water partition coefficient (Wildman–Crippen LogP) is -2.71. The molecule has 0 radical (unpaired) electrons. The number of carboxylic acids is 3. The number of β-amino-alcohol motifs (C(OH)–C–C–N with tert-alkyl or cyclic N) is 1. The molecule has 29 heavy (non-hydrogen) atoms. The molecule has 1 rings (SSSR count). The molecule has 0 spiro atoms. The SMILES string of the molecule is O=C(O)CN1/C=C\N(CC(O)CO)CCN(CC(=O)O)CCN(CC(=O)O)CC1. The zero-order chi connectivity index (χ0) is 21.8. The molecule has 5 N–H and O–H groups in total. The first-order chi connectivity index (χ1) is 13.7. The van der Waals surface area contributed by atoms with Crippen molar-refractivity contribution in [2.45, 2.75) is 6.10 Å². The summed E-state index contributed by atoms with van der Waals surface area (Å²) in [5, 5.41) is 46.1. The molecule has 0 aromatic carbocycles. The van der Waals surface area contributed by atoms with Crippen LogP contribution in [0.1, 0.15) is 0 Å². The van der Waals surface area contributed by atoms with Gasteiger partial charge in [0.1, 0.15) is 6.54 Å². The minimum absolute atomic E-state index is 0.0972. The minimum Gasteiger partial charge on any atom is -0.480 e. The molecule has 0 aromatic rings. The van der Waals surface area contributed by atoms with E-state index in [0.29, 0.717) is 26.2 Å². The van der Waals surface area contributed by atoms with Crippen molar-refractivity contribution in [3.05, 3.63) is 12.4 Å². The smallest absolute Gasteiger partial charge is 0.323 e. The molecule has 166 valence electrons. The van der Waals surface area contributed by atoms with Gasteiger partial charge in [-0.25, -0.2) is 0 Å². The third kappa shape index (κ3) is 11.2. The van der Waals surface area contributed by atoms with Crippen molar-refractivity contribution < 1.29 is 39.9 Å². The van der Waals surface area contributed by atoms with Gasteiger partial charge in [-0.3, -0.25) is 24.2 Å². The highest BCUT2D eigenvalue weighted by Gasteiger charge is 2.18. The summed E-state index contributed by atoms with van der Waals surface area (Å²) in [4.78, 5) is 39.9. The first-order valence-corrected chi connectivity index (χ1v) is 9.25. The largest absolute Gasteiger partial charge is 0.480 e. The van der Waals surface area contributed by atoms with Crippen molar-refractivity contribution in [3.8, 4) is 0 Å². The van der Waals surface area contributed by atoms with E-state index in [2.05, 4.69) is 0 Å². The van der Waals surface area contributed by atoms with E-state index in [1.807, 2.05) is 0 Å². The van der Waals surface area contributed by atoms with Gasteiger partial charge < -0.3 is 35.3 Å². The van der Waals surface area contributed by atoms with E-state index in [4.69, 9.17) is 20.4 Å². The molecule has 0 amide bonds. The van der Waals surface area contributed by atoms with E-state index in [1.165, 1.54) is 4.90 Å². The van der Waals surface area contributed by atoms with Crippen LogP contribution in [0.5, 0.6) is 0 Å². The molecule has 0 saturated heterocycles. The second kappa shape index (κ2) is 12.9. The normalized spacial score (nSPS) is 19.8. The Labute approximate surface area is 168 Å². The van der Waals surface area contributed by atoms with Crippen LogP contribution in [0.4, 0.5) is 0 Å².